The quantitative estimate of drug-likeness (QED) is 0.518. The number of hydrogen-bond donors (Lipinski definition) is 2. The maximum Gasteiger partial charge on any atom is 0.240 e. The molecular formula is C19H18Cl2N4O2. The summed E-state index contributed by atoms with van der Waals surface area (Å²) in [6.07, 6.45) is 3.65. The number of nitrogens with zero attached hydrogens (tertiary/aromatic N) is 2. The molecule has 0 fully saturated rings. The number of halogens is 2. The lowest BCUT2D eigenvalue weighted by atomic mass is 10.2. The van der Waals surface area contributed by atoms with Gasteiger partial charge in [-0.3, -0.25) is 9.59 Å². The van der Waals surface area contributed by atoms with Crippen molar-refractivity contribution in [3.63, 3.8) is 0 Å². The molecule has 6 nitrogen and oxygen atoms in total. The Kier molecular flexibility index (Phi) is 8.48. The zero-order valence-electron chi connectivity index (χ0n) is 14.4. The Morgan fingerprint density at radius 1 is 0.778 bits per heavy atom. The molecular weight excluding hydrogens is 387 g/mol. The van der Waals surface area contributed by atoms with Crippen LogP contribution in [-0.2, 0) is 9.59 Å². The van der Waals surface area contributed by atoms with E-state index in [-0.39, 0.29) is 24.7 Å². The molecule has 0 radical (unpaired) electrons. The molecule has 2 aromatic rings. The van der Waals surface area contributed by atoms with E-state index in [9.17, 15) is 9.59 Å². The van der Waals surface area contributed by atoms with Gasteiger partial charge in [0.2, 0.25) is 11.8 Å². The zero-order valence-corrected chi connectivity index (χ0v) is 15.9. The van der Waals surface area contributed by atoms with Gasteiger partial charge in [0.25, 0.3) is 0 Å². The first kappa shape index (κ1) is 20.6. The summed E-state index contributed by atoms with van der Waals surface area (Å²) in [5.74, 6) is -0.573. The van der Waals surface area contributed by atoms with Crippen LogP contribution in [0.4, 0.5) is 0 Å². The second kappa shape index (κ2) is 11.1. The van der Waals surface area contributed by atoms with Gasteiger partial charge in [0.1, 0.15) is 0 Å². The maximum atomic E-state index is 11.7. The fourth-order valence-corrected chi connectivity index (χ4v) is 2.40. The minimum absolute atomic E-state index is 0.168. The Hall–Kier alpha value is -2.70. The molecule has 0 spiro atoms. The predicted octanol–water partition coefficient (Wildman–Crippen LogP) is 3.76. The first-order chi connectivity index (χ1) is 13.1. The summed E-state index contributed by atoms with van der Waals surface area (Å²) in [5.41, 5.74) is 6.21. The normalized spacial score (nSPS) is 11.0. The average Bonchev–Trinajstić information content (AvgIpc) is 2.65. The number of amides is 2. The van der Waals surface area contributed by atoms with Gasteiger partial charge in [-0.2, -0.15) is 10.2 Å². The van der Waals surface area contributed by atoms with Crippen molar-refractivity contribution in [1.29, 1.82) is 0 Å². The standard InChI is InChI=1S/C19H18Cl2N4O2/c20-16-8-3-1-6-14(16)12-22-24-18(26)10-5-11-19(27)25-23-13-15-7-2-4-9-17(15)21/h1-4,6-9,12-13H,5,10-11H2,(H,24,26)(H,25,27)/b22-12+,23-13?. The Labute approximate surface area is 167 Å². The molecule has 2 amide bonds. The summed E-state index contributed by atoms with van der Waals surface area (Å²) in [6.45, 7) is 0. The minimum Gasteiger partial charge on any atom is -0.273 e. The molecule has 140 valence electrons. The molecule has 0 heterocycles. The number of nitrogens with one attached hydrogen (secondary N) is 2. The van der Waals surface area contributed by atoms with Gasteiger partial charge < -0.3 is 0 Å². The van der Waals surface area contributed by atoms with Crippen molar-refractivity contribution < 1.29 is 9.59 Å². The van der Waals surface area contributed by atoms with E-state index in [2.05, 4.69) is 21.1 Å². The molecule has 8 heteroatoms. The molecule has 0 aliphatic heterocycles. The molecule has 2 N–H and O–H groups in total. The van der Waals surface area contributed by atoms with E-state index in [1.165, 1.54) is 12.4 Å². The van der Waals surface area contributed by atoms with Gasteiger partial charge in [-0.25, -0.2) is 10.9 Å². The van der Waals surface area contributed by atoms with Crippen LogP contribution in [0.25, 0.3) is 0 Å². The SMILES string of the molecule is O=C(CCCC(=O)N/N=C/c1ccccc1Cl)NN=Cc1ccccc1Cl. The second-order valence-electron chi connectivity index (χ2n) is 5.48. The summed E-state index contributed by atoms with van der Waals surface area (Å²) in [7, 11) is 0. The third-order valence-corrected chi connectivity index (χ3v) is 4.09. The van der Waals surface area contributed by atoms with Crippen molar-refractivity contribution in [3.8, 4) is 0 Å². The number of hydrogen-bond acceptors (Lipinski definition) is 4. The summed E-state index contributed by atoms with van der Waals surface area (Å²) < 4.78 is 0. The molecule has 2 aromatic carbocycles. The maximum absolute atomic E-state index is 11.7. The Morgan fingerprint density at radius 3 is 1.59 bits per heavy atom. The lowest BCUT2D eigenvalue weighted by Gasteiger charge is -2.01. The largest absolute Gasteiger partial charge is 0.273 e. The van der Waals surface area contributed by atoms with Crippen LogP contribution in [0.15, 0.2) is 58.7 Å². The fourth-order valence-electron chi connectivity index (χ4n) is 2.03. The van der Waals surface area contributed by atoms with Crippen molar-refractivity contribution in [2.75, 3.05) is 0 Å². The predicted molar refractivity (Wildman–Crippen MR) is 108 cm³/mol. The molecule has 27 heavy (non-hydrogen) atoms. The highest BCUT2D eigenvalue weighted by molar-refractivity contribution is 6.33. The molecule has 0 saturated carbocycles. The number of rotatable bonds is 8. The fraction of sp³-hybridized carbons (Fsp3) is 0.158. The highest BCUT2D eigenvalue weighted by Gasteiger charge is 2.04. The molecule has 0 aromatic heterocycles. The van der Waals surface area contributed by atoms with Crippen LogP contribution in [0.1, 0.15) is 30.4 Å². The number of hydrazone groups is 2. The van der Waals surface area contributed by atoms with Crippen LogP contribution >= 0.6 is 23.2 Å². The monoisotopic (exact) mass is 404 g/mol. The van der Waals surface area contributed by atoms with E-state index in [0.29, 0.717) is 27.6 Å². The van der Waals surface area contributed by atoms with Gasteiger partial charge in [-0.1, -0.05) is 59.6 Å². The highest BCUT2D eigenvalue weighted by atomic mass is 35.5. The highest BCUT2D eigenvalue weighted by Crippen LogP contribution is 2.12. The smallest absolute Gasteiger partial charge is 0.240 e. The Balaban J connectivity index is 1.65. The molecule has 0 aliphatic carbocycles. The minimum atomic E-state index is -0.286. The first-order valence-corrected chi connectivity index (χ1v) is 8.94. The van der Waals surface area contributed by atoms with Crippen molar-refractivity contribution in [2.24, 2.45) is 10.2 Å². The third kappa shape index (κ3) is 7.60. The summed E-state index contributed by atoms with van der Waals surface area (Å²) in [5, 5.41) is 8.78. The molecule has 0 saturated heterocycles. The summed E-state index contributed by atoms with van der Waals surface area (Å²) in [4.78, 5) is 23.4. The lowest BCUT2D eigenvalue weighted by molar-refractivity contribution is -0.122. The van der Waals surface area contributed by atoms with Crippen LogP contribution in [-0.4, -0.2) is 24.2 Å². The average molecular weight is 405 g/mol. The van der Waals surface area contributed by atoms with Crippen molar-refractivity contribution in [3.05, 3.63) is 69.7 Å². The van der Waals surface area contributed by atoms with E-state index in [1.807, 2.05) is 24.3 Å². The van der Waals surface area contributed by atoms with E-state index in [0.717, 1.165) is 0 Å². The molecule has 0 unspecified atom stereocenters. The van der Waals surface area contributed by atoms with Crippen LogP contribution in [0.2, 0.25) is 10.0 Å². The van der Waals surface area contributed by atoms with E-state index >= 15 is 0 Å². The molecule has 2 rings (SSSR count). The van der Waals surface area contributed by atoms with E-state index in [4.69, 9.17) is 23.2 Å². The van der Waals surface area contributed by atoms with E-state index < -0.39 is 0 Å². The summed E-state index contributed by atoms with van der Waals surface area (Å²) >= 11 is 12.0. The van der Waals surface area contributed by atoms with Gasteiger partial charge in [-0.05, 0) is 18.6 Å². The van der Waals surface area contributed by atoms with Crippen LogP contribution in [0.3, 0.4) is 0 Å². The molecule has 0 aliphatic rings. The van der Waals surface area contributed by atoms with Gasteiger partial charge >= 0.3 is 0 Å². The molecule has 0 bridgehead atoms. The van der Waals surface area contributed by atoms with Crippen molar-refractivity contribution in [2.45, 2.75) is 19.3 Å². The van der Waals surface area contributed by atoms with Crippen LogP contribution in [0, 0.1) is 0 Å². The second-order valence-corrected chi connectivity index (χ2v) is 6.30. The Bertz CT molecular complexity index is 784. The topological polar surface area (TPSA) is 82.9 Å². The van der Waals surface area contributed by atoms with Crippen LogP contribution < -0.4 is 10.9 Å². The Morgan fingerprint density at radius 2 is 1.19 bits per heavy atom. The third-order valence-electron chi connectivity index (χ3n) is 3.40. The zero-order chi connectivity index (χ0) is 19.5. The molecule has 0 atom stereocenters. The summed E-state index contributed by atoms with van der Waals surface area (Å²) in [6, 6.07) is 14.3. The van der Waals surface area contributed by atoms with Gasteiger partial charge in [0.05, 0.1) is 12.4 Å². The van der Waals surface area contributed by atoms with Gasteiger partial charge in [-0.15, -0.1) is 0 Å². The van der Waals surface area contributed by atoms with Crippen molar-refractivity contribution >= 4 is 47.4 Å². The van der Waals surface area contributed by atoms with Crippen LogP contribution in [0.5, 0.6) is 0 Å². The number of benzene rings is 2. The number of carbonyl (C=O) groups is 2. The van der Waals surface area contributed by atoms with E-state index in [1.54, 1.807) is 24.3 Å². The lowest BCUT2D eigenvalue weighted by Crippen LogP contribution is -2.20. The van der Waals surface area contributed by atoms with Crippen molar-refractivity contribution in [1.82, 2.24) is 10.9 Å². The first-order valence-electron chi connectivity index (χ1n) is 8.19. The van der Waals surface area contributed by atoms with Gasteiger partial charge in [0, 0.05) is 34.0 Å². The van der Waals surface area contributed by atoms with Gasteiger partial charge in [0.15, 0.2) is 0 Å². The number of carbonyl (C=O) groups excluding carboxylic acids is 2.